The predicted molar refractivity (Wildman–Crippen MR) is 79.4 cm³/mol. The lowest BCUT2D eigenvalue weighted by molar-refractivity contribution is -0.121. The van der Waals surface area contributed by atoms with E-state index in [-0.39, 0.29) is 36.0 Å². The molecule has 0 radical (unpaired) electrons. The third kappa shape index (κ3) is 2.57. The molecule has 1 aromatic rings. The maximum atomic E-state index is 11.9. The van der Waals surface area contributed by atoms with Crippen LogP contribution in [0, 0.1) is 6.92 Å². The van der Waals surface area contributed by atoms with Gasteiger partial charge in [-0.25, -0.2) is 8.42 Å². The SMILES string of the molecule is COc1ccc(C)cc1N1CC(=O)N[C@@H]2CS(=O)(=O)C[C@@H]21. The zero-order chi connectivity index (χ0) is 15.2. The number of fused-ring (bicyclic) bond motifs is 1. The summed E-state index contributed by atoms with van der Waals surface area (Å²) in [6.45, 7) is 2.10. The van der Waals surface area contributed by atoms with Crippen molar-refractivity contribution in [3.05, 3.63) is 23.8 Å². The molecule has 2 saturated heterocycles. The van der Waals surface area contributed by atoms with E-state index in [1.165, 1.54) is 0 Å². The molecule has 0 spiro atoms. The van der Waals surface area contributed by atoms with Crippen LogP contribution in [0.1, 0.15) is 5.56 Å². The first-order valence-corrected chi connectivity index (χ1v) is 8.63. The zero-order valence-corrected chi connectivity index (χ0v) is 12.8. The van der Waals surface area contributed by atoms with Crippen LogP contribution in [0.5, 0.6) is 5.75 Å². The quantitative estimate of drug-likeness (QED) is 0.839. The molecule has 0 aliphatic carbocycles. The highest BCUT2D eigenvalue weighted by Crippen LogP contribution is 2.34. The molecule has 0 unspecified atom stereocenters. The van der Waals surface area contributed by atoms with Gasteiger partial charge < -0.3 is 15.0 Å². The summed E-state index contributed by atoms with van der Waals surface area (Å²) in [6, 6.07) is 5.12. The number of carbonyl (C=O) groups is 1. The summed E-state index contributed by atoms with van der Waals surface area (Å²) in [5.74, 6) is 0.568. The summed E-state index contributed by atoms with van der Waals surface area (Å²) >= 11 is 0. The van der Waals surface area contributed by atoms with Crippen molar-refractivity contribution in [2.75, 3.05) is 30.1 Å². The molecule has 2 aliphatic rings. The second-order valence-corrected chi connectivity index (χ2v) is 7.78. The highest BCUT2D eigenvalue weighted by atomic mass is 32.2. The summed E-state index contributed by atoms with van der Waals surface area (Å²) in [6.07, 6.45) is 0. The minimum Gasteiger partial charge on any atom is -0.495 e. The number of carbonyl (C=O) groups excluding carboxylic acids is 1. The number of anilines is 1. The molecule has 2 heterocycles. The Bertz CT molecular complexity index is 686. The van der Waals surface area contributed by atoms with Crippen LogP contribution >= 0.6 is 0 Å². The first-order chi connectivity index (χ1) is 9.89. The molecule has 2 fully saturated rings. The normalized spacial score (nSPS) is 27.1. The number of rotatable bonds is 2. The van der Waals surface area contributed by atoms with Gasteiger partial charge in [0.15, 0.2) is 9.84 Å². The zero-order valence-electron chi connectivity index (χ0n) is 12.0. The Balaban J connectivity index is 2.04. The summed E-state index contributed by atoms with van der Waals surface area (Å²) in [5.41, 5.74) is 1.81. The van der Waals surface area contributed by atoms with Gasteiger partial charge in [0, 0.05) is 0 Å². The monoisotopic (exact) mass is 310 g/mol. The molecule has 1 N–H and O–H groups in total. The first-order valence-electron chi connectivity index (χ1n) is 6.81. The van der Waals surface area contributed by atoms with Gasteiger partial charge >= 0.3 is 0 Å². The number of ether oxygens (including phenoxy) is 1. The van der Waals surface area contributed by atoms with E-state index in [0.717, 1.165) is 11.3 Å². The van der Waals surface area contributed by atoms with Crippen LogP contribution in [0.25, 0.3) is 0 Å². The molecule has 0 aromatic heterocycles. The molecule has 21 heavy (non-hydrogen) atoms. The average molecular weight is 310 g/mol. The molecule has 114 valence electrons. The maximum absolute atomic E-state index is 11.9. The van der Waals surface area contributed by atoms with Crippen molar-refractivity contribution in [2.24, 2.45) is 0 Å². The van der Waals surface area contributed by atoms with E-state index >= 15 is 0 Å². The highest BCUT2D eigenvalue weighted by Gasteiger charge is 2.45. The van der Waals surface area contributed by atoms with Crippen LogP contribution in [0.2, 0.25) is 0 Å². The van der Waals surface area contributed by atoms with Gasteiger partial charge in [0.25, 0.3) is 0 Å². The van der Waals surface area contributed by atoms with Gasteiger partial charge in [-0.1, -0.05) is 6.07 Å². The molecular formula is C14H18N2O4S. The summed E-state index contributed by atoms with van der Waals surface area (Å²) in [4.78, 5) is 13.8. The van der Waals surface area contributed by atoms with Crippen molar-refractivity contribution in [1.82, 2.24) is 5.32 Å². The van der Waals surface area contributed by atoms with Gasteiger partial charge in [0.1, 0.15) is 5.75 Å². The van der Waals surface area contributed by atoms with Crippen molar-refractivity contribution in [2.45, 2.75) is 19.0 Å². The van der Waals surface area contributed by atoms with E-state index in [9.17, 15) is 13.2 Å². The summed E-state index contributed by atoms with van der Waals surface area (Å²) in [5, 5.41) is 2.79. The van der Waals surface area contributed by atoms with E-state index in [2.05, 4.69) is 5.32 Å². The number of hydrogen-bond acceptors (Lipinski definition) is 5. The van der Waals surface area contributed by atoms with Crippen molar-refractivity contribution >= 4 is 21.4 Å². The van der Waals surface area contributed by atoms with Crippen LogP contribution in [0.15, 0.2) is 18.2 Å². The van der Waals surface area contributed by atoms with Crippen LogP contribution in [0.4, 0.5) is 5.69 Å². The second-order valence-electron chi connectivity index (χ2n) is 5.62. The van der Waals surface area contributed by atoms with Crippen molar-refractivity contribution < 1.29 is 17.9 Å². The first kappa shape index (κ1) is 14.2. The van der Waals surface area contributed by atoms with E-state index in [1.807, 2.05) is 30.0 Å². The molecule has 7 heteroatoms. The number of sulfone groups is 1. The Morgan fingerprint density at radius 2 is 2.10 bits per heavy atom. The third-order valence-corrected chi connectivity index (χ3v) is 5.74. The molecule has 2 aliphatic heterocycles. The van der Waals surface area contributed by atoms with E-state index in [4.69, 9.17) is 4.74 Å². The number of piperazine rings is 1. The van der Waals surface area contributed by atoms with E-state index < -0.39 is 9.84 Å². The summed E-state index contributed by atoms with van der Waals surface area (Å²) in [7, 11) is -1.55. The van der Waals surface area contributed by atoms with Gasteiger partial charge in [-0.15, -0.1) is 0 Å². The Kier molecular flexibility index (Phi) is 3.32. The van der Waals surface area contributed by atoms with Gasteiger partial charge in [0.2, 0.25) is 5.91 Å². The number of nitrogens with one attached hydrogen (secondary N) is 1. The molecule has 0 bridgehead atoms. The van der Waals surface area contributed by atoms with Crippen LogP contribution < -0.4 is 15.0 Å². The smallest absolute Gasteiger partial charge is 0.239 e. The number of nitrogens with zero attached hydrogens (tertiary/aromatic N) is 1. The van der Waals surface area contributed by atoms with Gasteiger partial charge in [-0.3, -0.25) is 4.79 Å². The maximum Gasteiger partial charge on any atom is 0.239 e. The highest BCUT2D eigenvalue weighted by molar-refractivity contribution is 7.91. The minimum absolute atomic E-state index is 0.00797. The Morgan fingerprint density at radius 1 is 1.33 bits per heavy atom. The molecular weight excluding hydrogens is 292 g/mol. The lowest BCUT2D eigenvalue weighted by Crippen LogP contribution is -2.60. The minimum atomic E-state index is -3.12. The number of methoxy groups -OCH3 is 1. The fraction of sp³-hybridized carbons (Fsp3) is 0.500. The lowest BCUT2D eigenvalue weighted by atomic mass is 10.0. The molecule has 6 nitrogen and oxygen atoms in total. The van der Waals surface area contributed by atoms with Gasteiger partial charge in [-0.2, -0.15) is 0 Å². The number of aryl methyl sites for hydroxylation is 1. The van der Waals surface area contributed by atoms with E-state index in [0.29, 0.717) is 5.75 Å². The fourth-order valence-electron chi connectivity index (χ4n) is 3.09. The van der Waals surface area contributed by atoms with Crippen molar-refractivity contribution in [1.29, 1.82) is 0 Å². The Morgan fingerprint density at radius 3 is 2.81 bits per heavy atom. The average Bonchev–Trinajstić information content (AvgIpc) is 2.71. The van der Waals surface area contributed by atoms with Crippen LogP contribution in [-0.4, -0.2) is 51.6 Å². The van der Waals surface area contributed by atoms with Gasteiger partial charge in [-0.05, 0) is 24.6 Å². The molecule has 3 rings (SSSR count). The third-order valence-electron chi connectivity index (χ3n) is 4.03. The number of hydrogen-bond donors (Lipinski definition) is 1. The lowest BCUT2D eigenvalue weighted by Gasteiger charge is -2.38. The molecule has 1 aromatic carbocycles. The molecule has 1 amide bonds. The largest absolute Gasteiger partial charge is 0.495 e. The summed E-state index contributed by atoms with van der Waals surface area (Å²) < 4.78 is 29.2. The number of amides is 1. The van der Waals surface area contributed by atoms with Crippen LogP contribution in [-0.2, 0) is 14.6 Å². The topological polar surface area (TPSA) is 75.7 Å². The molecule has 2 atom stereocenters. The standard InChI is InChI=1S/C14H18N2O4S/c1-9-3-4-13(20-2)11(5-9)16-6-14(17)15-10-7-21(18,19)8-12(10)16/h3-5,10,12H,6-8H2,1-2H3,(H,15,17)/t10-,12+/m1/s1. The van der Waals surface area contributed by atoms with E-state index in [1.54, 1.807) is 7.11 Å². The fourth-order valence-corrected chi connectivity index (χ4v) is 5.01. The van der Waals surface area contributed by atoms with Crippen molar-refractivity contribution in [3.63, 3.8) is 0 Å². The number of benzene rings is 1. The van der Waals surface area contributed by atoms with Crippen molar-refractivity contribution in [3.8, 4) is 5.75 Å². The van der Waals surface area contributed by atoms with Crippen LogP contribution in [0.3, 0.4) is 0 Å². The van der Waals surface area contributed by atoms with Gasteiger partial charge in [0.05, 0.1) is 42.9 Å². The predicted octanol–water partition coefficient (Wildman–Crippen LogP) is 0.105. The molecule has 0 saturated carbocycles. The Hall–Kier alpha value is -1.76. The Labute approximate surface area is 124 Å². The second kappa shape index (κ2) is 4.91.